The molecule has 0 aliphatic carbocycles. The summed E-state index contributed by atoms with van der Waals surface area (Å²) in [6.07, 6.45) is 3.00. The van der Waals surface area contributed by atoms with Crippen molar-refractivity contribution in [1.29, 1.82) is 0 Å². The smallest absolute Gasteiger partial charge is 0.336 e. The third-order valence-corrected chi connectivity index (χ3v) is 1.86. The minimum Gasteiger partial charge on any atom is -0.487 e. The van der Waals surface area contributed by atoms with Gasteiger partial charge in [-0.15, -0.1) is 0 Å². The highest BCUT2D eigenvalue weighted by Gasteiger charge is 2.08. The molecule has 0 aliphatic rings. The summed E-state index contributed by atoms with van der Waals surface area (Å²) < 4.78 is 10.0. The quantitative estimate of drug-likeness (QED) is 0.586. The predicted octanol–water partition coefficient (Wildman–Crippen LogP) is 2.23. The van der Waals surface area contributed by atoms with Crippen LogP contribution >= 0.6 is 11.6 Å². The van der Waals surface area contributed by atoms with Crippen LogP contribution in [0.1, 0.15) is 6.92 Å². The van der Waals surface area contributed by atoms with Gasteiger partial charge in [-0.3, -0.25) is 4.98 Å². The molecule has 1 heterocycles. The van der Waals surface area contributed by atoms with Crippen LogP contribution < -0.4 is 4.74 Å². The Morgan fingerprint density at radius 1 is 1.56 bits per heavy atom. The maximum Gasteiger partial charge on any atom is 0.336 e. The molecule has 0 saturated heterocycles. The van der Waals surface area contributed by atoms with Crippen molar-refractivity contribution >= 4 is 17.6 Å². The third-order valence-electron chi connectivity index (χ3n) is 1.66. The monoisotopic (exact) mass is 241 g/mol. The number of aromatic nitrogens is 1. The lowest BCUT2D eigenvalue weighted by Gasteiger charge is -2.07. The minimum atomic E-state index is -0.461. The molecule has 0 spiro atoms. The minimum absolute atomic E-state index is 0.0564. The molecule has 0 aliphatic heterocycles. The van der Waals surface area contributed by atoms with Crippen molar-refractivity contribution in [3.05, 3.63) is 35.6 Å². The molecule has 0 amide bonds. The number of rotatable bonds is 5. The van der Waals surface area contributed by atoms with Gasteiger partial charge in [-0.25, -0.2) is 4.79 Å². The molecule has 0 bridgehead atoms. The van der Waals surface area contributed by atoms with Crippen molar-refractivity contribution in [2.45, 2.75) is 6.92 Å². The van der Waals surface area contributed by atoms with Crippen LogP contribution in [-0.2, 0) is 9.53 Å². The Kier molecular flexibility index (Phi) is 4.79. The fourth-order valence-corrected chi connectivity index (χ4v) is 1.10. The Hall–Kier alpha value is -1.55. The van der Waals surface area contributed by atoms with Crippen LogP contribution in [0.5, 0.6) is 5.75 Å². The highest BCUT2D eigenvalue weighted by Crippen LogP contribution is 2.15. The first kappa shape index (κ1) is 12.5. The number of carbonyl (C=O) groups excluding carboxylic acids is 1. The fraction of sp³-hybridized carbons (Fsp3) is 0.273. The highest BCUT2D eigenvalue weighted by atomic mass is 35.5. The molecule has 86 valence electrons. The van der Waals surface area contributed by atoms with Gasteiger partial charge in [0.15, 0.2) is 0 Å². The zero-order valence-electron chi connectivity index (χ0n) is 8.90. The van der Waals surface area contributed by atoms with Gasteiger partial charge in [0.05, 0.1) is 23.4 Å². The van der Waals surface area contributed by atoms with Gasteiger partial charge in [0, 0.05) is 12.3 Å². The lowest BCUT2D eigenvalue weighted by atomic mass is 10.3. The van der Waals surface area contributed by atoms with E-state index in [0.717, 1.165) is 0 Å². The fourth-order valence-electron chi connectivity index (χ4n) is 0.934. The number of esters is 1. The van der Waals surface area contributed by atoms with Crippen LogP contribution in [-0.4, -0.2) is 24.2 Å². The lowest BCUT2D eigenvalue weighted by molar-refractivity contribution is -0.138. The van der Waals surface area contributed by atoms with E-state index in [0.29, 0.717) is 17.4 Å². The zero-order valence-corrected chi connectivity index (χ0v) is 9.66. The lowest BCUT2D eigenvalue weighted by Crippen LogP contribution is -2.13. The van der Waals surface area contributed by atoms with Crippen LogP contribution in [0.2, 0.25) is 5.02 Å². The molecule has 1 aromatic rings. The van der Waals surface area contributed by atoms with Crippen molar-refractivity contribution in [1.82, 2.24) is 4.98 Å². The van der Waals surface area contributed by atoms with Gasteiger partial charge in [0.1, 0.15) is 12.4 Å². The van der Waals surface area contributed by atoms with Gasteiger partial charge in [0.2, 0.25) is 0 Å². The van der Waals surface area contributed by atoms with E-state index < -0.39 is 5.97 Å². The highest BCUT2D eigenvalue weighted by molar-refractivity contribution is 6.30. The Morgan fingerprint density at radius 3 is 2.94 bits per heavy atom. The SMILES string of the molecule is C=C(COc1cncc(Cl)c1)C(=O)OCC. The molecule has 0 fully saturated rings. The van der Waals surface area contributed by atoms with Crippen LogP contribution in [0.25, 0.3) is 0 Å². The number of hydrogen-bond donors (Lipinski definition) is 0. The van der Waals surface area contributed by atoms with Crippen molar-refractivity contribution in [3.63, 3.8) is 0 Å². The average molecular weight is 242 g/mol. The number of hydrogen-bond acceptors (Lipinski definition) is 4. The molecule has 0 radical (unpaired) electrons. The second-order valence-corrected chi connectivity index (χ2v) is 3.39. The van der Waals surface area contributed by atoms with Crippen molar-refractivity contribution in [2.24, 2.45) is 0 Å². The third kappa shape index (κ3) is 3.90. The van der Waals surface area contributed by atoms with Crippen LogP contribution in [0.3, 0.4) is 0 Å². The number of carbonyl (C=O) groups is 1. The Morgan fingerprint density at radius 2 is 2.31 bits per heavy atom. The first-order valence-electron chi connectivity index (χ1n) is 4.71. The van der Waals surface area contributed by atoms with E-state index in [1.165, 1.54) is 12.4 Å². The van der Waals surface area contributed by atoms with Crippen LogP contribution in [0, 0.1) is 0 Å². The summed E-state index contributed by atoms with van der Waals surface area (Å²) in [6, 6.07) is 1.60. The first-order chi connectivity index (χ1) is 7.63. The van der Waals surface area contributed by atoms with Gasteiger partial charge in [0.25, 0.3) is 0 Å². The molecule has 0 aromatic carbocycles. The predicted molar refractivity (Wildman–Crippen MR) is 60.5 cm³/mol. The van der Waals surface area contributed by atoms with E-state index in [1.807, 2.05) is 0 Å². The molecule has 0 atom stereocenters. The van der Waals surface area contributed by atoms with Crippen LogP contribution in [0.4, 0.5) is 0 Å². The number of pyridine rings is 1. The summed E-state index contributed by atoms with van der Waals surface area (Å²) in [5.41, 5.74) is 0.252. The molecular weight excluding hydrogens is 230 g/mol. The van der Waals surface area contributed by atoms with E-state index in [2.05, 4.69) is 11.6 Å². The van der Waals surface area contributed by atoms with Gasteiger partial charge in [-0.2, -0.15) is 0 Å². The molecule has 5 heteroatoms. The molecule has 0 unspecified atom stereocenters. The normalized spacial score (nSPS) is 9.62. The average Bonchev–Trinajstić information content (AvgIpc) is 2.26. The van der Waals surface area contributed by atoms with Gasteiger partial charge in [-0.05, 0) is 6.92 Å². The number of halogens is 1. The van der Waals surface area contributed by atoms with E-state index in [-0.39, 0.29) is 12.2 Å². The van der Waals surface area contributed by atoms with Crippen molar-refractivity contribution in [2.75, 3.05) is 13.2 Å². The summed E-state index contributed by atoms with van der Waals surface area (Å²) in [6.45, 7) is 5.66. The molecule has 0 N–H and O–H groups in total. The molecule has 4 nitrogen and oxygen atoms in total. The maximum absolute atomic E-state index is 11.2. The molecule has 0 saturated carbocycles. The van der Waals surface area contributed by atoms with Gasteiger partial charge in [-0.1, -0.05) is 18.2 Å². The largest absolute Gasteiger partial charge is 0.487 e. The second-order valence-electron chi connectivity index (χ2n) is 2.95. The first-order valence-corrected chi connectivity index (χ1v) is 5.09. The van der Waals surface area contributed by atoms with E-state index >= 15 is 0 Å². The Balaban J connectivity index is 2.46. The summed E-state index contributed by atoms with van der Waals surface area (Å²) >= 11 is 5.72. The molecule has 16 heavy (non-hydrogen) atoms. The molecular formula is C11H12ClNO3. The van der Waals surface area contributed by atoms with Crippen molar-refractivity contribution < 1.29 is 14.3 Å². The number of ether oxygens (including phenoxy) is 2. The van der Waals surface area contributed by atoms with Gasteiger partial charge < -0.3 is 9.47 Å². The standard InChI is InChI=1S/C11H12ClNO3/c1-3-15-11(14)8(2)7-16-10-4-9(12)5-13-6-10/h4-6H,2-3,7H2,1H3. The Bertz CT molecular complexity index is 393. The number of nitrogens with zero attached hydrogens (tertiary/aromatic N) is 1. The van der Waals surface area contributed by atoms with Crippen LogP contribution in [0.15, 0.2) is 30.6 Å². The summed E-state index contributed by atoms with van der Waals surface area (Å²) in [5.74, 6) is 0.0236. The van der Waals surface area contributed by atoms with E-state index in [9.17, 15) is 4.79 Å². The topological polar surface area (TPSA) is 48.4 Å². The zero-order chi connectivity index (χ0) is 12.0. The Labute approximate surface area is 98.8 Å². The molecule has 1 aromatic heterocycles. The summed E-state index contributed by atoms with van der Waals surface area (Å²) in [5, 5.41) is 0.472. The van der Waals surface area contributed by atoms with Crippen molar-refractivity contribution in [3.8, 4) is 5.75 Å². The summed E-state index contributed by atoms with van der Waals surface area (Å²) in [7, 11) is 0. The van der Waals surface area contributed by atoms with E-state index in [1.54, 1.807) is 13.0 Å². The van der Waals surface area contributed by atoms with E-state index in [4.69, 9.17) is 21.1 Å². The molecule has 1 rings (SSSR count). The summed E-state index contributed by atoms with van der Waals surface area (Å²) in [4.78, 5) is 15.0. The second kappa shape index (κ2) is 6.12. The van der Waals surface area contributed by atoms with Gasteiger partial charge >= 0.3 is 5.97 Å². The maximum atomic E-state index is 11.2.